The Labute approximate surface area is 235 Å². The smallest absolute Gasteiger partial charge is 0.264 e. The minimum absolute atomic E-state index is 0.0110. The van der Waals surface area contributed by atoms with Crippen molar-refractivity contribution in [3.8, 4) is 5.75 Å². The molecule has 3 aromatic rings. The highest BCUT2D eigenvalue weighted by atomic mass is 32.2. The first-order chi connectivity index (χ1) is 19.1. The van der Waals surface area contributed by atoms with Crippen molar-refractivity contribution in [3.05, 3.63) is 90.2 Å². The van der Waals surface area contributed by atoms with Gasteiger partial charge in [-0.2, -0.15) is 0 Å². The Kier molecular flexibility index (Phi) is 10.7. The zero-order valence-electron chi connectivity index (χ0n) is 23.2. The Morgan fingerprint density at radius 2 is 1.62 bits per heavy atom. The fourth-order valence-corrected chi connectivity index (χ4v) is 5.59. The predicted molar refractivity (Wildman–Crippen MR) is 153 cm³/mol. The second-order valence-electron chi connectivity index (χ2n) is 9.42. The van der Waals surface area contributed by atoms with Crippen LogP contribution in [0.15, 0.2) is 83.8 Å². The predicted octanol–water partition coefficient (Wildman–Crippen LogP) is 4.75. The van der Waals surface area contributed by atoms with Gasteiger partial charge in [0.15, 0.2) is 0 Å². The molecule has 10 heteroatoms. The molecule has 0 aliphatic rings. The van der Waals surface area contributed by atoms with E-state index < -0.39 is 34.3 Å². The van der Waals surface area contributed by atoms with Crippen molar-refractivity contribution >= 4 is 27.5 Å². The summed E-state index contributed by atoms with van der Waals surface area (Å²) < 4.78 is 47.6. The molecule has 8 nitrogen and oxygen atoms in total. The number of methoxy groups -OCH3 is 1. The lowest BCUT2D eigenvalue weighted by Crippen LogP contribution is -2.53. The van der Waals surface area contributed by atoms with Gasteiger partial charge in [0.2, 0.25) is 11.8 Å². The number of halogens is 1. The van der Waals surface area contributed by atoms with Crippen LogP contribution >= 0.6 is 0 Å². The Bertz CT molecular complexity index is 1380. The van der Waals surface area contributed by atoms with Crippen molar-refractivity contribution in [1.82, 2.24) is 10.2 Å². The number of sulfonamides is 1. The molecule has 40 heavy (non-hydrogen) atoms. The number of anilines is 1. The fraction of sp³-hybridized carbons (Fsp3) is 0.333. The number of amides is 2. The zero-order chi connectivity index (χ0) is 29.3. The highest BCUT2D eigenvalue weighted by Crippen LogP contribution is 2.27. The highest BCUT2D eigenvalue weighted by Gasteiger charge is 2.34. The molecular formula is C30H36FN3O5S. The number of carbonyl (C=O) groups is 2. The Hall–Kier alpha value is -3.92. The van der Waals surface area contributed by atoms with Gasteiger partial charge in [-0.25, -0.2) is 12.8 Å². The Balaban J connectivity index is 2.06. The number of nitrogens with zero attached hydrogens (tertiary/aromatic N) is 2. The molecule has 0 aromatic heterocycles. The van der Waals surface area contributed by atoms with Crippen LogP contribution in [0, 0.1) is 5.82 Å². The normalized spacial score (nSPS) is 12.7. The van der Waals surface area contributed by atoms with Gasteiger partial charge in [-0.3, -0.25) is 13.9 Å². The summed E-state index contributed by atoms with van der Waals surface area (Å²) in [6.45, 7) is 5.01. The first-order valence-electron chi connectivity index (χ1n) is 13.2. The number of benzene rings is 3. The number of hydrogen-bond donors (Lipinski definition) is 1. The third-order valence-electron chi connectivity index (χ3n) is 6.60. The van der Waals surface area contributed by atoms with Crippen molar-refractivity contribution in [2.24, 2.45) is 0 Å². The van der Waals surface area contributed by atoms with E-state index >= 15 is 0 Å². The SMILES string of the molecule is CC[C@@H](C)NC(=O)[C@H](CC)N(Cc1ccc(F)cc1)C(=O)CN(c1cccc(OC)c1)S(=O)(=O)c1ccccc1. The Morgan fingerprint density at radius 1 is 0.950 bits per heavy atom. The molecular weight excluding hydrogens is 533 g/mol. The molecule has 0 radical (unpaired) electrons. The number of nitrogens with one attached hydrogen (secondary N) is 1. The van der Waals surface area contributed by atoms with Gasteiger partial charge < -0.3 is 15.0 Å². The summed E-state index contributed by atoms with van der Waals surface area (Å²) in [6.07, 6.45) is 0.993. The number of carbonyl (C=O) groups excluding carboxylic acids is 2. The average Bonchev–Trinajstić information content (AvgIpc) is 2.96. The van der Waals surface area contributed by atoms with Crippen molar-refractivity contribution in [2.45, 2.75) is 57.1 Å². The molecule has 3 rings (SSSR count). The summed E-state index contributed by atoms with van der Waals surface area (Å²) in [5.74, 6) is -0.939. The first kappa shape index (κ1) is 30.6. The maximum atomic E-state index is 14.0. The maximum Gasteiger partial charge on any atom is 0.264 e. The van der Waals surface area contributed by atoms with Crippen LogP contribution in [0.5, 0.6) is 5.75 Å². The van der Waals surface area contributed by atoms with E-state index in [0.717, 1.165) is 4.31 Å². The van der Waals surface area contributed by atoms with E-state index in [0.29, 0.717) is 24.2 Å². The maximum absolute atomic E-state index is 14.0. The lowest BCUT2D eigenvalue weighted by Gasteiger charge is -2.33. The van der Waals surface area contributed by atoms with Crippen molar-refractivity contribution in [2.75, 3.05) is 18.0 Å². The van der Waals surface area contributed by atoms with Gasteiger partial charge in [0.1, 0.15) is 24.2 Å². The number of rotatable bonds is 13. The van der Waals surface area contributed by atoms with E-state index in [1.807, 2.05) is 13.8 Å². The molecule has 0 fully saturated rings. The molecule has 0 saturated heterocycles. The van der Waals surface area contributed by atoms with Crippen molar-refractivity contribution < 1.29 is 27.1 Å². The lowest BCUT2D eigenvalue weighted by molar-refractivity contribution is -0.140. The summed E-state index contributed by atoms with van der Waals surface area (Å²) in [6, 6.07) is 18.9. The van der Waals surface area contributed by atoms with E-state index in [1.165, 1.54) is 54.5 Å². The average molecular weight is 570 g/mol. The van der Waals surface area contributed by atoms with Crippen LogP contribution in [-0.2, 0) is 26.2 Å². The molecule has 0 bridgehead atoms. The number of ether oxygens (including phenoxy) is 1. The van der Waals surface area contributed by atoms with Gasteiger partial charge in [-0.1, -0.05) is 50.2 Å². The third-order valence-corrected chi connectivity index (χ3v) is 8.39. The standard InChI is InChI=1S/C30H36FN3O5S/c1-5-22(3)32-30(36)28(6-2)33(20-23-15-17-24(31)18-16-23)29(35)21-34(25-11-10-12-26(19-25)39-4)40(37,38)27-13-8-7-9-14-27/h7-19,22,28H,5-6,20-21H2,1-4H3,(H,32,36)/t22-,28+/m1/s1. The van der Waals surface area contributed by atoms with Crippen LogP contribution in [-0.4, -0.2) is 50.9 Å². The second kappa shape index (κ2) is 13.9. The summed E-state index contributed by atoms with van der Waals surface area (Å²) in [4.78, 5) is 28.7. The molecule has 1 N–H and O–H groups in total. The summed E-state index contributed by atoms with van der Waals surface area (Å²) in [5.41, 5.74) is 0.832. The molecule has 0 saturated carbocycles. The topological polar surface area (TPSA) is 96.0 Å². The summed E-state index contributed by atoms with van der Waals surface area (Å²) >= 11 is 0. The lowest BCUT2D eigenvalue weighted by atomic mass is 10.1. The van der Waals surface area contributed by atoms with Crippen molar-refractivity contribution in [1.29, 1.82) is 0 Å². The van der Waals surface area contributed by atoms with Gasteiger partial charge in [0, 0.05) is 18.7 Å². The molecule has 0 aliphatic carbocycles. The minimum atomic E-state index is -4.18. The van der Waals surface area contributed by atoms with Crippen LogP contribution in [0.25, 0.3) is 0 Å². The molecule has 0 heterocycles. The molecule has 0 unspecified atom stereocenters. The minimum Gasteiger partial charge on any atom is -0.497 e. The molecule has 2 amide bonds. The van der Waals surface area contributed by atoms with Crippen LogP contribution in [0.1, 0.15) is 39.2 Å². The monoisotopic (exact) mass is 569 g/mol. The molecule has 2 atom stereocenters. The van der Waals surface area contributed by atoms with Gasteiger partial charge in [0.05, 0.1) is 17.7 Å². The molecule has 214 valence electrons. The van der Waals surface area contributed by atoms with E-state index in [4.69, 9.17) is 4.74 Å². The molecule has 3 aromatic carbocycles. The van der Waals surface area contributed by atoms with Crippen LogP contribution < -0.4 is 14.4 Å². The van der Waals surface area contributed by atoms with Crippen LogP contribution in [0.3, 0.4) is 0 Å². The molecule has 0 spiro atoms. The largest absolute Gasteiger partial charge is 0.497 e. The summed E-state index contributed by atoms with van der Waals surface area (Å²) in [7, 11) is -2.72. The van der Waals surface area contributed by atoms with Gasteiger partial charge >= 0.3 is 0 Å². The quantitative estimate of drug-likeness (QED) is 0.321. The number of hydrogen-bond acceptors (Lipinski definition) is 5. The Morgan fingerprint density at radius 3 is 2.23 bits per heavy atom. The van der Waals surface area contributed by atoms with E-state index in [9.17, 15) is 22.4 Å². The first-order valence-corrected chi connectivity index (χ1v) is 14.6. The zero-order valence-corrected chi connectivity index (χ0v) is 24.0. The molecule has 0 aliphatic heterocycles. The second-order valence-corrected chi connectivity index (χ2v) is 11.3. The van der Waals surface area contributed by atoms with Crippen LogP contribution in [0.2, 0.25) is 0 Å². The van der Waals surface area contributed by atoms with E-state index in [2.05, 4.69) is 5.32 Å². The highest BCUT2D eigenvalue weighted by molar-refractivity contribution is 7.92. The fourth-order valence-electron chi connectivity index (χ4n) is 4.16. The van der Waals surface area contributed by atoms with Crippen molar-refractivity contribution in [3.63, 3.8) is 0 Å². The van der Waals surface area contributed by atoms with Gasteiger partial charge in [-0.05, 0) is 61.7 Å². The summed E-state index contributed by atoms with van der Waals surface area (Å²) in [5, 5.41) is 2.93. The van der Waals surface area contributed by atoms with Crippen LogP contribution in [0.4, 0.5) is 10.1 Å². The van der Waals surface area contributed by atoms with E-state index in [-0.39, 0.29) is 29.1 Å². The third kappa shape index (κ3) is 7.59. The van der Waals surface area contributed by atoms with Gasteiger partial charge in [0.25, 0.3) is 10.0 Å². The van der Waals surface area contributed by atoms with Gasteiger partial charge in [-0.15, -0.1) is 0 Å². The van der Waals surface area contributed by atoms with E-state index in [1.54, 1.807) is 43.3 Å².